The SMILES string of the molecule is Cc1ccc(C(C)(C)C)cc1Cc1nc(N2CCC(CCN3CCCC3=O)CC2)nc2ncn(C)c12. The van der Waals surface area contributed by atoms with Crippen molar-refractivity contribution in [2.24, 2.45) is 13.0 Å². The highest BCUT2D eigenvalue weighted by Crippen LogP contribution is 2.29. The van der Waals surface area contributed by atoms with Crippen LogP contribution in [0.2, 0.25) is 0 Å². The number of carbonyl (C=O) groups is 1. The Morgan fingerprint density at radius 3 is 2.56 bits per heavy atom. The first kappa shape index (κ1) is 24.7. The molecule has 0 N–H and O–H groups in total. The molecule has 0 atom stereocenters. The number of likely N-dealkylation sites (tertiary alicyclic amines) is 1. The standard InChI is InChI=1S/C29H40N6O/c1-20-8-9-23(29(2,3)4)17-22(20)18-24-26-27(30-19-33(26)5)32-28(31-24)35-15-11-21(12-16-35)10-14-34-13-6-7-25(34)36/h8-9,17,19,21H,6-7,10-16,18H2,1-5H3. The summed E-state index contributed by atoms with van der Waals surface area (Å²) < 4.78 is 2.04. The van der Waals surface area contributed by atoms with E-state index in [9.17, 15) is 4.79 Å². The van der Waals surface area contributed by atoms with Gasteiger partial charge in [-0.3, -0.25) is 4.79 Å². The third kappa shape index (κ3) is 5.11. The van der Waals surface area contributed by atoms with Crippen LogP contribution in [0.3, 0.4) is 0 Å². The third-order valence-electron chi connectivity index (χ3n) is 8.08. The van der Waals surface area contributed by atoms with Crippen LogP contribution in [-0.2, 0) is 23.7 Å². The van der Waals surface area contributed by atoms with Crippen LogP contribution in [0.5, 0.6) is 0 Å². The van der Waals surface area contributed by atoms with E-state index >= 15 is 0 Å². The van der Waals surface area contributed by atoms with Gasteiger partial charge < -0.3 is 14.4 Å². The Morgan fingerprint density at radius 2 is 1.86 bits per heavy atom. The first-order valence-corrected chi connectivity index (χ1v) is 13.5. The summed E-state index contributed by atoms with van der Waals surface area (Å²) in [5, 5.41) is 0. The molecule has 3 aromatic rings. The fourth-order valence-corrected chi connectivity index (χ4v) is 5.60. The zero-order valence-electron chi connectivity index (χ0n) is 22.5. The molecular weight excluding hydrogens is 448 g/mol. The average Bonchev–Trinajstić information content (AvgIpc) is 3.43. The lowest BCUT2D eigenvalue weighted by Crippen LogP contribution is -2.36. The first-order valence-electron chi connectivity index (χ1n) is 13.5. The summed E-state index contributed by atoms with van der Waals surface area (Å²) in [7, 11) is 2.02. The van der Waals surface area contributed by atoms with Crippen molar-refractivity contribution >= 4 is 23.0 Å². The number of carbonyl (C=O) groups excluding carboxylic acids is 1. The normalized spacial score (nSPS) is 17.5. The van der Waals surface area contributed by atoms with Crippen LogP contribution in [-0.4, -0.2) is 56.5 Å². The number of piperidine rings is 1. The number of fused-ring (bicyclic) bond motifs is 1. The summed E-state index contributed by atoms with van der Waals surface area (Å²) in [5.41, 5.74) is 6.88. The molecule has 2 aliphatic heterocycles. The quantitative estimate of drug-likeness (QED) is 0.499. The van der Waals surface area contributed by atoms with E-state index in [0.717, 1.165) is 87.5 Å². The third-order valence-corrected chi connectivity index (χ3v) is 8.08. The van der Waals surface area contributed by atoms with Gasteiger partial charge in [-0.05, 0) is 60.6 Å². The van der Waals surface area contributed by atoms with Crippen LogP contribution >= 0.6 is 0 Å². The van der Waals surface area contributed by atoms with Crippen LogP contribution in [0.4, 0.5) is 5.95 Å². The Bertz CT molecular complexity index is 1250. The zero-order chi connectivity index (χ0) is 25.4. The molecule has 7 heteroatoms. The van der Waals surface area contributed by atoms with Gasteiger partial charge in [0, 0.05) is 46.1 Å². The van der Waals surface area contributed by atoms with Gasteiger partial charge in [-0.2, -0.15) is 4.98 Å². The molecule has 0 bridgehead atoms. The highest BCUT2D eigenvalue weighted by molar-refractivity contribution is 5.78. The highest BCUT2D eigenvalue weighted by Gasteiger charge is 2.26. The Labute approximate surface area is 214 Å². The van der Waals surface area contributed by atoms with Gasteiger partial charge in [0.05, 0.1) is 12.0 Å². The van der Waals surface area contributed by atoms with E-state index in [4.69, 9.17) is 9.97 Å². The van der Waals surface area contributed by atoms with Crippen LogP contribution in [0.15, 0.2) is 24.5 Å². The van der Waals surface area contributed by atoms with Crippen molar-refractivity contribution in [2.75, 3.05) is 31.1 Å². The molecule has 2 fully saturated rings. The largest absolute Gasteiger partial charge is 0.343 e. The molecule has 1 aromatic carbocycles. The van der Waals surface area contributed by atoms with E-state index in [1.807, 2.05) is 22.8 Å². The van der Waals surface area contributed by atoms with Crippen LogP contribution in [0, 0.1) is 12.8 Å². The predicted molar refractivity (Wildman–Crippen MR) is 144 cm³/mol. The minimum absolute atomic E-state index is 0.105. The second kappa shape index (κ2) is 9.83. The van der Waals surface area contributed by atoms with E-state index < -0.39 is 0 Å². The Morgan fingerprint density at radius 1 is 1.08 bits per heavy atom. The molecule has 7 nitrogen and oxygen atoms in total. The second-order valence-corrected chi connectivity index (χ2v) is 11.8. The summed E-state index contributed by atoms with van der Waals surface area (Å²) in [6, 6.07) is 6.82. The number of aryl methyl sites for hydroxylation is 2. The monoisotopic (exact) mass is 488 g/mol. The topological polar surface area (TPSA) is 67.2 Å². The van der Waals surface area contributed by atoms with Gasteiger partial charge in [0.15, 0.2) is 5.65 Å². The molecule has 0 aliphatic carbocycles. The van der Waals surface area contributed by atoms with E-state index in [1.54, 1.807) is 0 Å². The Hall–Kier alpha value is -2.96. The van der Waals surface area contributed by atoms with Crippen LogP contribution in [0.25, 0.3) is 11.2 Å². The van der Waals surface area contributed by atoms with Crippen molar-refractivity contribution in [2.45, 2.75) is 71.6 Å². The molecule has 1 amide bonds. The minimum Gasteiger partial charge on any atom is -0.343 e. The molecule has 2 saturated heterocycles. The van der Waals surface area contributed by atoms with Gasteiger partial charge in [-0.1, -0.05) is 39.0 Å². The molecule has 5 rings (SSSR count). The van der Waals surface area contributed by atoms with E-state index in [-0.39, 0.29) is 5.41 Å². The van der Waals surface area contributed by atoms with Crippen molar-refractivity contribution in [1.29, 1.82) is 0 Å². The average molecular weight is 489 g/mol. The smallest absolute Gasteiger partial charge is 0.227 e. The number of hydrogen-bond donors (Lipinski definition) is 0. The molecule has 2 aromatic heterocycles. The number of hydrogen-bond acceptors (Lipinski definition) is 5. The molecule has 0 spiro atoms. The maximum absolute atomic E-state index is 11.9. The van der Waals surface area contributed by atoms with Crippen LogP contribution < -0.4 is 4.90 Å². The number of anilines is 1. The molecule has 192 valence electrons. The lowest BCUT2D eigenvalue weighted by molar-refractivity contribution is -0.127. The van der Waals surface area contributed by atoms with E-state index in [2.05, 4.69) is 55.8 Å². The van der Waals surface area contributed by atoms with Gasteiger partial charge >= 0.3 is 0 Å². The minimum atomic E-state index is 0.105. The molecule has 4 heterocycles. The molecule has 0 unspecified atom stereocenters. The number of amides is 1. The summed E-state index contributed by atoms with van der Waals surface area (Å²) >= 11 is 0. The van der Waals surface area contributed by atoms with Gasteiger partial charge in [0.1, 0.15) is 5.52 Å². The van der Waals surface area contributed by atoms with Gasteiger partial charge in [0.25, 0.3) is 0 Å². The van der Waals surface area contributed by atoms with Crippen LogP contribution in [0.1, 0.15) is 75.3 Å². The fraction of sp³-hybridized carbons (Fsp3) is 0.586. The molecule has 0 radical (unpaired) electrons. The number of aromatic nitrogens is 4. The van der Waals surface area contributed by atoms with Crippen molar-refractivity contribution in [3.8, 4) is 0 Å². The highest BCUT2D eigenvalue weighted by atomic mass is 16.2. The number of rotatable bonds is 6. The van der Waals surface area contributed by atoms with E-state index in [0.29, 0.717) is 11.8 Å². The van der Waals surface area contributed by atoms with Crippen molar-refractivity contribution in [3.05, 3.63) is 46.9 Å². The summed E-state index contributed by atoms with van der Waals surface area (Å²) in [6.45, 7) is 12.7. The fourth-order valence-electron chi connectivity index (χ4n) is 5.60. The van der Waals surface area contributed by atoms with E-state index in [1.165, 1.54) is 16.7 Å². The van der Waals surface area contributed by atoms with Gasteiger partial charge in [0.2, 0.25) is 11.9 Å². The summed E-state index contributed by atoms with van der Waals surface area (Å²) in [6.07, 6.45) is 7.70. The Kier molecular flexibility index (Phi) is 6.75. The second-order valence-electron chi connectivity index (χ2n) is 11.8. The lowest BCUT2D eigenvalue weighted by atomic mass is 9.84. The molecule has 36 heavy (non-hydrogen) atoms. The Balaban J connectivity index is 1.34. The van der Waals surface area contributed by atoms with Crippen molar-refractivity contribution in [1.82, 2.24) is 24.4 Å². The molecule has 2 aliphatic rings. The first-order chi connectivity index (χ1) is 17.2. The molecular formula is C29H40N6O. The summed E-state index contributed by atoms with van der Waals surface area (Å²) in [4.78, 5) is 30.9. The van der Waals surface area contributed by atoms with Gasteiger partial charge in [-0.25, -0.2) is 9.97 Å². The predicted octanol–water partition coefficient (Wildman–Crippen LogP) is 4.79. The van der Waals surface area contributed by atoms with Gasteiger partial charge in [-0.15, -0.1) is 0 Å². The van der Waals surface area contributed by atoms with Crippen molar-refractivity contribution < 1.29 is 4.79 Å². The maximum atomic E-state index is 11.9. The maximum Gasteiger partial charge on any atom is 0.227 e. The summed E-state index contributed by atoms with van der Waals surface area (Å²) in [5.74, 6) is 1.80. The number of nitrogens with zero attached hydrogens (tertiary/aromatic N) is 6. The zero-order valence-corrected chi connectivity index (χ0v) is 22.5. The molecule has 0 saturated carbocycles. The lowest BCUT2D eigenvalue weighted by Gasteiger charge is -2.33. The van der Waals surface area contributed by atoms with Crippen molar-refractivity contribution in [3.63, 3.8) is 0 Å². The number of benzene rings is 1. The number of imidazole rings is 1.